The third-order valence-electron chi connectivity index (χ3n) is 3.26. The van der Waals surface area contributed by atoms with Crippen LogP contribution in [0.1, 0.15) is 17.2 Å². The lowest BCUT2D eigenvalue weighted by Crippen LogP contribution is -2.47. The number of aliphatic hydroxyl groups is 2. The predicted octanol–water partition coefficient (Wildman–Crippen LogP) is -0.189. The van der Waals surface area contributed by atoms with Crippen LogP contribution in [0, 0.1) is 11.3 Å². The number of nitriles is 1. The molecule has 2 atom stereocenters. The number of ether oxygens (including phenoxy) is 1. The Morgan fingerprint density at radius 2 is 1.85 bits per heavy atom. The first kappa shape index (κ1) is 14.5. The van der Waals surface area contributed by atoms with Crippen molar-refractivity contribution >= 4 is 5.91 Å². The maximum Gasteiger partial charge on any atom is 0.254 e. The van der Waals surface area contributed by atoms with Crippen molar-refractivity contribution in [1.29, 1.82) is 5.26 Å². The number of carbonyl (C=O) groups excluding carboxylic acids is 1. The topological polar surface area (TPSA) is 93.8 Å². The lowest BCUT2D eigenvalue weighted by atomic mass is 10.0. The highest BCUT2D eigenvalue weighted by Crippen LogP contribution is 2.19. The molecule has 0 spiro atoms. The Hall–Kier alpha value is -1.94. The van der Waals surface area contributed by atoms with Gasteiger partial charge in [-0.25, -0.2) is 0 Å². The van der Waals surface area contributed by atoms with Crippen LogP contribution in [-0.2, 0) is 9.53 Å². The van der Waals surface area contributed by atoms with Gasteiger partial charge in [-0.05, 0) is 17.7 Å². The van der Waals surface area contributed by atoms with E-state index in [9.17, 15) is 15.0 Å². The Labute approximate surface area is 116 Å². The summed E-state index contributed by atoms with van der Waals surface area (Å²) in [6.07, 6.45) is -2.82. The Morgan fingerprint density at radius 3 is 2.40 bits per heavy atom. The van der Waals surface area contributed by atoms with E-state index in [0.717, 1.165) is 0 Å². The maximum atomic E-state index is 12.0. The molecule has 0 aromatic heterocycles. The van der Waals surface area contributed by atoms with Gasteiger partial charge in [-0.2, -0.15) is 5.26 Å². The Bertz CT molecular complexity index is 503. The number of nitrogens with zero attached hydrogens (tertiary/aromatic N) is 2. The van der Waals surface area contributed by atoms with Crippen molar-refractivity contribution in [2.24, 2.45) is 0 Å². The van der Waals surface area contributed by atoms with Crippen molar-refractivity contribution in [3.63, 3.8) is 0 Å². The zero-order valence-electron chi connectivity index (χ0n) is 10.9. The summed E-state index contributed by atoms with van der Waals surface area (Å²) in [4.78, 5) is 13.5. The molecule has 1 amide bonds. The maximum absolute atomic E-state index is 12.0. The summed E-state index contributed by atoms with van der Waals surface area (Å²) in [6.45, 7) is 1.70. The molecule has 106 valence electrons. The van der Waals surface area contributed by atoms with Crippen LogP contribution in [0.2, 0.25) is 0 Å². The molecule has 1 fully saturated rings. The van der Waals surface area contributed by atoms with Crippen LogP contribution >= 0.6 is 0 Å². The van der Waals surface area contributed by atoms with Gasteiger partial charge in [-0.1, -0.05) is 12.1 Å². The first-order valence-electron chi connectivity index (χ1n) is 6.36. The summed E-state index contributed by atoms with van der Waals surface area (Å²) in [5.41, 5.74) is 0.855. The van der Waals surface area contributed by atoms with Crippen molar-refractivity contribution in [2.45, 2.75) is 12.2 Å². The summed E-state index contributed by atoms with van der Waals surface area (Å²) in [5, 5.41) is 28.7. The molecule has 0 aliphatic carbocycles. The monoisotopic (exact) mass is 276 g/mol. The van der Waals surface area contributed by atoms with Gasteiger partial charge in [-0.3, -0.25) is 4.79 Å². The van der Waals surface area contributed by atoms with Crippen LogP contribution < -0.4 is 0 Å². The molecule has 20 heavy (non-hydrogen) atoms. The van der Waals surface area contributed by atoms with E-state index in [1.807, 2.05) is 6.07 Å². The molecular weight excluding hydrogens is 260 g/mol. The second kappa shape index (κ2) is 6.48. The summed E-state index contributed by atoms with van der Waals surface area (Å²) >= 11 is 0. The zero-order chi connectivity index (χ0) is 14.5. The molecule has 1 aliphatic rings. The van der Waals surface area contributed by atoms with Gasteiger partial charge in [-0.15, -0.1) is 0 Å². The lowest BCUT2D eigenvalue weighted by Gasteiger charge is -2.30. The molecule has 0 radical (unpaired) electrons. The van der Waals surface area contributed by atoms with Gasteiger partial charge >= 0.3 is 0 Å². The first-order valence-corrected chi connectivity index (χ1v) is 6.36. The van der Waals surface area contributed by atoms with E-state index in [4.69, 9.17) is 10.00 Å². The molecule has 1 saturated heterocycles. The number of aliphatic hydroxyl groups excluding tert-OH is 2. The fraction of sp³-hybridized carbons (Fsp3) is 0.429. The Morgan fingerprint density at radius 1 is 1.25 bits per heavy atom. The van der Waals surface area contributed by atoms with E-state index in [1.165, 1.54) is 29.2 Å². The van der Waals surface area contributed by atoms with Crippen molar-refractivity contribution in [3.8, 4) is 6.07 Å². The largest absolute Gasteiger partial charge is 0.385 e. The number of rotatable bonds is 3. The highest BCUT2D eigenvalue weighted by Gasteiger charge is 2.30. The van der Waals surface area contributed by atoms with Crippen LogP contribution in [-0.4, -0.2) is 53.4 Å². The predicted molar refractivity (Wildman–Crippen MR) is 69.5 cm³/mol. The summed E-state index contributed by atoms with van der Waals surface area (Å²) < 4.78 is 5.13. The molecule has 1 aromatic rings. The Balaban J connectivity index is 2.04. The van der Waals surface area contributed by atoms with E-state index < -0.39 is 18.1 Å². The zero-order valence-corrected chi connectivity index (χ0v) is 10.9. The third-order valence-corrected chi connectivity index (χ3v) is 3.26. The van der Waals surface area contributed by atoms with Crippen LogP contribution in [0.15, 0.2) is 24.3 Å². The number of morpholine rings is 1. The SMILES string of the molecule is N#Cc1ccc([C@@H](O)[C@H](O)C(=O)N2CCOCC2)cc1. The van der Waals surface area contributed by atoms with Gasteiger partial charge in [0.15, 0.2) is 6.10 Å². The molecule has 0 saturated carbocycles. The average Bonchev–Trinajstić information content (AvgIpc) is 2.53. The van der Waals surface area contributed by atoms with Gasteiger partial charge in [0, 0.05) is 13.1 Å². The average molecular weight is 276 g/mol. The highest BCUT2D eigenvalue weighted by atomic mass is 16.5. The fourth-order valence-corrected chi connectivity index (χ4v) is 2.04. The molecule has 1 aliphatic heterocycles. The van der Waals surface area contributed by atoms with E-state index in [2.05, 4.69) is 0 Å². The molecule has 2 rings (SSSR count). The second-order valence-electron chi connectivity index (χ2n) is 4.56. The summed E-state index contributed by atoms with van der Waals surface area (Å²) in [6, 6.07) is 8.08. The number of hydrogen-bond acceptors (Lipinski definition) is 5. The fourth-order valence-electron chi connectivity index (χ4n) is 2.04. The van der Waals surface area contributed by atoms with Crippen molar-refractivity contribution in [3.05, 3.63) is 35.4 Å². The van der Waals surface area contributed by atoms with Gasteiger partial charge < -0.3 is 19.8 Å². The van der Waals surface area contributed by atoms with Crippen LogP contribution in [0.3, 0.4) is 0 Å². The summed E-state index contributed by atoms with van der Waals surface area (Å²) in [7, 11) is 0. The van der Waals surface area contributed by atoms with Crippen LogP contribution in [0.5, 0.6) is 0 Å². The van der Waals surface area contributed by atoms with Gasteiger partial charge in [0.05, 0.1) is 24.8 Å². The summed E-state index contributed by atoms with van der Waals surface area (Å²) in [5.74, 6) is -0.509. The highest BCUT2D eigenvalue weighted by molar-refractivity contribution is 5.81. The van der Waals surface area contributed by atoms with E-state index in [-0.39, 0.29) is 0 Å². The number of hydrogen-bond donors (Lipinski definition) is 2. The standard InChI is InChI=1S/C14H16N2O4/c15-9-10-1-3-11(4-2-10)12(17)13(18)14(19)16-5-7-20-8-6-16/h1-4,12-13,17-18H,5-8H2/t12-,13+/m1/s1. The number of carbonyl (C=O) groups is 1. The quantitative estimate of drug-likeness (QED) is 0.798. The smallest absolute Gasteiger partial charge is 0.254 e. The van der Waals surface area contributed by atoms with Crippen molar-refractivity contribution < 1.29 is 19.7 Å². The van der Waals surface area contributed by atoms with Crippen molar-refractivity contribution in [2.75, 3.05) is 26.3 Å². The van der Waals surface area contributed by atoms with E-state index >= 15 is 0 Å². The first-order chi connectivity index (χ1) is 9.63. The lowest BCUT2D eigenvalue weighted by molar-refractivity contribution is -0.150. The molecule has 1 heterocycles. The van der Waals surface area contributed by atoms with E-state index in [1.54, 1.807) is 0 Å². The number of amides is 1. The number of benzene rings is 1. The van der Waals surface area contributed by atoms with Gasteiger partial charge in [0.2, 0.25) is 0 Å². The normalized spacial score (nSPS) is 18.1. The minimum Gasteiger partial charge on any atom is -0.385 e. The minimum atomic E-state index is -1.51. The van der Waals surface area contributed by atoms with Crippen molar-refractivity contribution in [1.82, 2.24) is 4.90 Å². The van der Waals surface area contributed by atoms with Gasteiger partial charge in [0.1, 0.15) is 6.10 Å². The second-order valence-corrected chi connectivity index (χ2v) is 4.56. The minimum absolute atomic E-state index is 0.401. The molecule has 6 heteroatoms. The molecule has 0 unspecified atom stereocenters. The Kier molecular flexibility index (Phi) is 4.69. The molecule has 2 N–H and O–H groups in total. The molecule has 6 nitrogen and oxygen atoms in total. The van der Waals surface area contributed by atoms with Crippen LogP contribution in [0.25, 0.3) is 0 Å². The van der Waals surface area contributed by atoms with E-state index in [0.29, 0.717) is 37.4 Å². The van der Waals surface area contributed by atoms with Gasteiger partial charge in [0.25, 0.3) is 5.91 Å². The molecule has 0 bridgehead atoms. The molecule has 1 aromatic carbocycles. The van der Waals surface area contributed by atoms with Crippen LogP contribution in [0.4, 0.5) is 0 Å². The third kappa shape index (κ3) is 3.14. The molecular formula is C14H16N2O4.